The third-order valence-corrected chi connectivity index (χ3v) is 5.17. The van der Waals surface area contributed by atoms with Crippen molar-refractivity contribution in [3.8, 4) is 11.3 Å². The molecule has 2 aromatic heterocycles. The Morgan fingerprint density at radius 2 is 2.04 bits per heavy atom. The van der Waals surface area contributed by atoms with Crippen LogP contribution in [0, 0.1) is 6.92 Å². The summed E-state index contributed by atoms with van der Waals surface area (Å²) in [5.41, 5.74) is 3.09. The van der Waals surface area contributed by atoms with Crippen LogP contribution in [0.25, 0.3) is 16.2 Å². The van der Waals surface area contributed by atoms with Crippen LogP contribution in [-0.2, 0) is 0 Å². The molecule has 1 amide bonds. The van der Waals surface area contributed by atoms with E-state index in [1.165, 1.54) is 11.3 Å². The van der Waals surface area contributed by atoms with Crippen LogP contribution in [-0.4, -0.2) is 20.5 Å². The molecule has 0 saturated heterocycles. The number of anilines is 1. The van der Waals surface area contributed by atoms with Crippen molar-refractivity contribution in [1.82, 2.24) is 14.6 Å². The topological polar surface area (TPSA) is 59.3 Å². The van der Waals surface area contributed by atoms with E-state index in [2.05, 4.69) is 15.4 Å². The molecule has 1 N–H and O–H groups in total. The molecule has 0 bridgehead atoms. The van der Waals surface area contributed by atoms with E-state index in [1.807, 2.05) is 30.5 Å². The van der Waals surface area contributed by atoms with Gasteiger partial charge in [-0.15, -0.1) is 16.4 Å². The van der Waals surface area contributed by atoms with E-state index >= 15 is 0 Å². The lowest BCUT2D eigenvalue weighted by molar-refractivity contribution is 0.102. The molecular weight excluding hydrogens is 391 g/mol. The number of nitrogens with one attached hydrogen (secondary N) is 1. The van der Waals surface area contributed by atoms with Crippen LogP contribution < -0.4 is 5.32 Å². The number of carbonyl (C=O) groups is 1. The number of thiazole rings is 1. The summed E-state index contributed by atoms with van der Waals surface area (Å²) in [5.74, 6) is -0.0166. The zero-order valence-corrected chi connectivity index (χ0v) is 15.9. The van der Waals surface area contributed by atoms with Gasteiger partial charge < -0.3 is 0 Å². The molecule has 2 aromatic carbocycles. The van der Waals surface area contributed by atoms with Crippen LogP contribution in [0.15, 0.2) is 47.8 Å². The molecule has 8 heteroatoms. The number of fused-ring (bicyclic) bond motifs is 1. The molecule has 4 aromatic rings. The number of rotatable bonds is 3. The zero-order chi connectivity index (χ0) is 18.3. The summed E-state index contributed by atoms with van der Waals surface area (Å²) >= 11 is 13.8. The molecule has 5 nitrogen and oxygen atoms in total. The van der Waals surface area contributed by atoms with Gasteiger partial charge in [-0.05, 0) is 37.3 Å². The van der Waals surface area contributed by atoms with E-state index < -0.39 is 0 Å². The molecule has 26 heavy (non-hydrogen) atoms. The summed E-state index contributed by atoms with van der Waals surface area (Å²) in [4.78, 5) is 17.4. The Morgan fingerprint density at radius 1 is 1.19 bits per heavy atom. The molecule has 0 fully saturated rings. The molecule has 0 aliphatic carbocycles. The van der Waals surface area contributed by atoms with Crippen molar-refractivity contribution in [2.75, 3.05) is 5.32 Å². The number of amides is 1. The average Bonchev–Trinajstić information content (AvgIpc) is 3.17. The van der Waals surface area contributed by atoms with Crippen LogP contribution in [0.5, 0.6) is 0 Å². The van der Waals surface area contributed by atoms with Gasteiger partial charge in [0.15, 0.2) is 0 Å². The van der Waals surface area contributed by atoms with E-state index in [4.69, 9.17) is 23.2 Å². The molecular formula is C18H12Cl2N4OS. The van der Waals surface area contributed by atoms with Crippen LogP contribution >= 0.6 is 34.5 Å². The van der Waals surface area contributed by atoms with Gasteiger partial charge in [0, 0.05) is 21.5 Å². The van der Waals surface area contributed by atoms with Crippen LogP contribution in [0.3, 0.4) is 0 Å². The Hall–Kier alpha value is -2.41. The Labute approximate surface area is 163 Å². The Kier molecular flexibility index (Phi) is 4.40. The van der Waals surface area contributed by atoms with Crippen molar-refractivity contribution in [3.63, 3.8) is 0 Å². The fraction of sp³-hybridized carbons (Fsp3) is 0.0556. The van der Waals surface area contributed by atoms with Gasteiger partial charge in [0.1, 0.15) is 0 Å². The highest BCUT2D eigenvalue weighted by molar-refractivity contribution is 7.15. The molecule has 0 atom stereocenters. The first kappa shape index (κ1) is 17.0. The normalized spacial score (nSPS) is 11.0. The molecule has 0 radical (unpaired) electrons. The first-order chi connectivity index (χ1) is 12.5. The van der Waals surface area contributed by atoms with Crippen molar-refractivity contribution >= 4 is 51.4 Å². The van der Waals surface area contributed by atoms with Gasteiger partial charge in [-0.25, -0.2) is 4.52 Å². The van der Waals surface area contributed by atoms with Crippen LogP contribution in [0.4, 0.5) is 5.95 Å². The molecule has 4 rings (SSSR count). The molecule has 0 saturated carbocycles. The fourth-order valence-corrected chi connectivity index (χ4v) is 3.78. The third-order valence-electron chi connectivity index (χ3n) is 3.79. The molecule has 0 unspecified atom stereocenters. The van der Waals surface area contributed by atoms with Crippen molar-refractivity contribution in [3.05, 3.63) is 69.0 Å². The van der Waals surface area contributed by atoms with Crippen molar-refractivity contribution in [1.29, 1.82) is 0 Å². The number of carbonyl (C=O) groups excluding carboxylic acids is 1. The highest BCUT2D eigenvalue weighted by Crippen LogP contribution is 2.33. The smallest absolute Gasteiger partial charge is 0.258 e. The van der Waals surface area contributed by atoms with Crippen LogP contribution in [0.2, 0.25) is 10.0 Å². The predicted molar refractivity (Wildman–Crippen MR) is 105 cm³/mol. The van der Waals surface area contributed by atoms with E-state index in [-0.39, 0.29) is 11.9 Å². The van der Waals surface area contributed by atoms with E-state index in [0.717, 1.165) is 16.8 Å². The number of hydrogen-bond acceptors (Lipinski definition) is 4. The Bertz CT molecular complexity index is 1140. The quantitative estimate of drug-likeness (QED) is 0.503. The highest BCUT2D eigenvalue weighted by Gasteiger charge is 2.16. The molecule has 0 aliphatic heterocycles. The fourth-order valence-electron chi connectivity index (χ4n) is 2.57. The van der Waals surface area contributed by atoms with Crippen LogP contribution in [0.1, 0.15) is 15.9 Å². The standard InChI is InChI=1S/C18H12Cl2N4OS/c1-10-3-2-4-11(7-10)16(25)21-17-22-18-24(23-17)15(9-26-18)13-8-12(19)5-6-14(13)20/h2-9H,1H3,(H,21,23,25). The largest absolute Gasteiger partial charge is 0.289 e. The summed E-state index contributed by atoms with van der Waals surface area (Å²) in [6.07, 6.45) is 0. The minimum Gasteiger partial charge on any atom is -0.289 e. The van der Waals surface area contributed by atoms with Crippen molar-refractivity contribution in [2.45, 2.75) is 6.92 Å². The van der Waals surface area contributed by atoms with Gasteiger partial charge in [0.05, 0.1) is 10.7 Å². The summed E-state index contributed by atoms with van der Waals surface area (Å²) in [6.45, 7) is 1.93. The van der Waals surface area contributed by atoms with E-state index in [1.54, 1.807) is 28.8 Å². The van der Waals surface area contributed by atoms with Gasteiger partial charge in [0.2, 0.25) is 4.96 Å². The molecule has 0 spiro atoms. The zero-order valence-electron chi connectivity index (χ0n) is 13.5. The summed E-state index contributed by atoms with van der Waals surface area (Å²) in [6, 6.07) is 12.6. The summed E-state index contributed by atoms with van der Waals surface area (Å²) in [5, 5.41) is 10.2. The van der Waals surface area contributed by atoms with Gasteiger partial charge >= 0.3 is 0 Å². The van der Waals surface area contributed by atoms with E-state index in [9.17, 15) is 4.79 Å². The van der Waals surface area contributed by atoms with Crippen molar-refractivity contribution < 1.29 is 4.79 Å². The second kappa shape index (κ2) is 6.72. The minimum atomic E-state index is -0.255. The lowest BCUT2D eigenvalue weighted by atomic mass is 10.1. The highest BCUT2D eigenvalue weighted by atomic mass is 35.5. The maximum absolute atomic E-state index is 12.4. The number of aryl methyl sites for hydroxylation is 1. The van der Waals surface area contributed by atoms with Crippen molar-refractivity contribution in [2.24, 2.45) is 0 Å². The first-order valence-electron chi connectivity index (χ1n) is 7.69. The molecule has 0 aliphatic rings. The number of hydrogen-bond donors (Lipinski definition) is 1. The lowest BCUT2D eigenvalue weighted by Gasteiger charge is -2.03. The number of halogens is 2. The summed E-state index contributed by atoms with van der Waals surface area (Å²) in [7, 11) is 0. The predicted octanol–water partition coefficient (Wildman–Crippen LogP) is 5.33. The van der Waals surface area contributed by atoms with Gasteiger partial charge in [-0.2, -0.15) is 4.98 Å². The third kappa shape index (κ3) is 3.19. The maximum atomic E-state index is 12.4. The molecule has 130 valence electrons. The van der Waals surface area contributed by atoms with Gasteiger partial charge in [-0.1, -0.05) is 40.9 Å². The second-order valence-electron chi connectivity index (χ2n) is 5.70. The Balaban J connectivity index is 1.68. The minimum absolute atomic E-state index is 0.239. The van der Waals surface area contributed by atoms with Gasteiger partial charge in [0.25, 0.3) is 11.9 Å². The monoisotopic (exact) mass is 402 g/mol. The number of aromatic nitrogens is 3. The van der Waals surface area contributed by atoms with E-state index in [0.29, 0.717) is 20.6 Å². The first-order valence-corrected chi connectivity index (χ1v) is 9.32. The number of nitrogens with zero attached hydrogens (tertiary/aromatic N) is 3. The Morgan fingerprint density at radius 3 is 2.85 bits per heavy atom. The second-order valence-corrected chi connectivity index (χ2v) is 7.38. The average molecular weight is 403 g/mol. The summed E-state index contributed by atoms with van der Waals surface area (Å²) < 4.78 is 1.65. The number of benzene rings is 2. The maximum Gasteiger partial charge on any atom is 0.258 e. The lowest BCUT2D eigenvalue weighted by Crippen LogP contribution is -2.13. The SMILES string of the molecule is Cc1cccc(C(=O)Nc2nc3scc(-c4cc(Cl)ccc4Cl)n3n2)c1. The molecule has 2 heterocycles. The van der Waals surface area contributed by atoms with Gasteiger partial charge in [-0.3, -0.25) is 10.1 Å².